The summed E-state index contributed by atoms with van der Waals surface area (Å²) in [7, 11) is 0. The number of halogens is 1. The third kappa shape index (κ3) is 9.36. The molecule has 1 fully saturated rings. The van der Waals surface area contributed by atoms with E-state index < -0.39 is 5.41 Å². The smallest absolute Gasteiger partial charge is 0.224 e. The first-order valence-electron chi connectivity index (χ1n) is 9.40. The second kappa shape index (κ2) is 12.7. The highest BCUT2D eigenvalue weighted by Crippen LogP contribution is 2.15. The number of morpholine rings is 1. The monoisotopic (exact) mass is 483 g/mol. The standard InChI is InChI=1S/C18H37N5O2.HI/c1-6-20-17(22-13-18(4,5)16(19)24)21-12-15(11-14(2)3)23-7-9-25-10-8-23;/h14-15H,6-13H2,1-5H3,(H2,19,24)(H2,20,21,22);1H. The number of nitrogens with two attached hydrogens (primary N) is 1. The normalized spacial score (nSPS) is 17.5. The molecule has 7 nitrogen and oxygen atoms in total. The Hall–Kier alpha value is -0.610. The van der Waals surface area contributed by atoms with Crippen molar-refractivity contribution >= 4 is 35.8 Å². The number of hydrogen-bond acceptors (Lipinski definition) is 4. The lowest BCUT2D eigenvalue weighted by Gasteiger charge is -2.35. The number of carbonyl (C=O) groups excluding carboxylic acids is 1. The van der Waals surface area contributed by atoms with Crippen LogP contribution in [-0.2, 0) is 9.53 Å². The number of nitrogens with zero attached hydrogens (tertiary/aromatic N) is 2. The van der Waals surface area contributed by atoms with Gasteiger partial charge in [0, 0.05) is 32.2 Å². The van der Waals surface area contributed by atoms with Gasteiger partial charge in [-0.3, -0.25) is 14.7 Å². The molecule has 26 heavy (non-hydrogen) atoms. The molecule has 154 valence electrons. The summed E-state index contributed by atoms with van der Waals surface area (Å²) in [5.74, 6) is 1.03. The number of ether oxygens (including phenoxy) is 1. The van der Waals surface area contributed by atoms with Crippen LogP contribution in [0.15, 0.2) is 4.99 Å². The first-order chi connectivity index (χ1) is 11.8. The Morgan fingerprint density at radius 2 is 1.88 bits per heavy atom. The lowest BCUT2D eigenvalue weighted by atomic mass is 9.93. The molecule has 1 saturated heterocycles. The molecule has 1 rings (SSSR count). The maximum absolute atomic E-state index is 11.5. The molecule has 0 aromatic rings. The van der Waals surface area contributed by atoms with Gasteiger partial charge in [-0.15, -0.1) is 24.0 Å². The van der Waals surface area contributed by atoms with Gasteiger partial charge in [0.05, 0.1) is 25.2 Å². The van der Waals surface area contributed by atoms with Gasteiger partial charge in [0.25, 0.3) is 0 Å². The van der Waals surface area contributed by atoms with Gasteiger partial charge < -0.3 is 21.1 Å². The maximum Gasteiger partial charge on any atom is 0.224 e. The highest BCUT2D eigenvalue weighted by atomic mass is 127. The largest absolute Gasteiger partial charge is 0.379 e. The lowest BCUT2D eigenvalue weighted by Crippen LogP contribution is -2.51. The SMILES string of the molecule is CCNC(=NCC(C)(C)C(N)=O)NCC(CC(C)C)N1CCOCC1.I. The van der Waals surface area contributed by atoms with Crippen LogP contribution in [-0.4, -0.2) is 68.7 Å². The van der Waals surface area contributed by atoms with E-state index in [2.05, 4.69) is 34.4 Å². The van der Waals surface area contributed by atoms with Gasteiger partial charge in [-0.05, 0) is 33.1 Å². The zero-order valence-electron chi connectivity index (χ0n) is 17.0. The van der Waals surface area contributed by atoms with Crippen LogP contribution in [0.1, 0.15) is 41.0 Å². The number of amides is 1. The number of rotatable bonds is 9. The highest BCUT2D eigenvalue weighted by molar-refractivity contribution is 14.0. The van der Waals surface area contributed by atoms with Gasteiger partial charge in [-0.1, -0.05) is 13.8 Å². The third-order valence-corrected chi connectivity index (χ3v) is 4.45. The average molecular weight is 483 g/mol. The third-order valence-electron chi connectivity index (χ3n) is 4.45. The van der Waals surface area contributed by atoms with E-state index in [4.69, 9.17) is 10.5 Å². The quantitative estimate of drug-likeness (QED) is 0.262. The first kappa shape index (κ1) is 25.4. The van der Waals surface area contributed by atoms with E-state index in [0.29, 0.717) is 18.5 Å². The van der Waals surface area contributed by atoms with Crippen molar-refractivity contribution < 1.29 is 9.53 Å². The molecule has 1 unspecified atom stereocenters. The molecule has 1 aliphatic heterocycles. The van der Waals surface area contributed by atoms with E-state index in [1.165, 1.54) is 0 Å². The maximum atomic E-state index is 11.5. The first-order valence-corrected chi connectivity index (χ1v) is 9.40. The van der Waals surface area contributed by atoms with Crippen molar-refractivity contribution in [2.45, 2.75) is 47.1 Å². The summed E-state index contributed by atoms with van der Waals surface area (Å²) in [4.78, 5) is 18.5. The minimum atomic E-state index is -0.649. The average Bonchev–Trinajstić information content (AvgIpc) is 2.56. The molecule has 1 heterocycles. The van der Waals surface area contributed by atoms with E-state index in [9.17, 15) is 4.79 Å². The molecule has 1 aliphatic rings. The molecular weight excluding hydrogens is 445 g/mol. The Morgan fingerprint density at radius 3 is 2.38 bits per heavy atom. The van der Waals surface area contributed by atoms with Gasteiger partial charge in [0.2, 0.25) is 5.91 Å². The molecule has 0 aromatic heterocycles. The summed E-state index contributed by atoms with van der Waals surface area (Å²) in [6.07, 6.45) is 1.12. The molecule has 8 heteroatoms. The Bertz CT molecular complexity index is 437. The van der Waals surface area contributed by atoms with E-state index in [1.807, 2.05) is 20.8 Å². The fraction of sp³-hybridized carbons (Fsp3) is 0.889. The van der Waals surface area contributed by atoms with E-state index in [1.54, 1.807) is 0 Å². The minimum Gasteiger partial charge on any atom is -0.379 e. The number of nitrogens with one attached hydrogen (secondary N) is 2. The lowest BCUT2D eigenvalue weighted by molar-refractivity contribution is -0.125. The molecule has 4 N–H and O–H groups in total. The Balaban J connectivity index is 0.00000625. The molecule has 1 atom stereocenters. The molecule has 0 aliphatic carbocycles. The number of guanidine groups is 1. The molecule has 0 radical (unpaired) electrons. The summed E-state index contributed by atoms with van der Waals surface area (Å²) < 4.78 is 5.48. The highest BCUT2D eigenvalue weighted by Gasteiger charge is 2.25. The van der Waals surface area contributed by atoms with E-state index >= 15 is 0 Å². The number of aliphatic imine (C=N–C) groups is 1. The van der Waals surface area contributed by atoms with Gasteiger partial charge in [-0.2, -0.15) is 0 Å². The Kier molecular flexibility index (Phi) is 12.4. The van der Waals surface area contributed by atoms with Crippen LogP contribution in [0.25, 0.3) is 0 Å². The van der Waals surface area contributed by atoms with Crippen molar-refractivity contribution in [1.29, 1.82) is 0 Å². The van der Waals surface area contributed by atoms with Crippen molar-refractivity contribution in [3.05, 3.63) is 0 Å². The van der Waals surface area contributed by atoms with Crippen molar-refractivity contribution in [1.82, 2.24) is 15.5 Å². The summed E-state index contributed by atoms with van der Waals surface area (Å²) in [6, 6.07) is 0.442. The van der Waals surface area contributed by atoms with Crippen molar-refractivity contribution in [3.63, 3.8) is 0 Å². The van der Waals surface area contributed by atoms with Gasteiger partial charge >= 0.3 is 0 Å². The molecule has 0 saturated carbocycles. The fourth-order valence-electron chi connectivity index (χ4n) is 2.76. The second-order valence-electron chi connectivity index (χ2n) is 7.76. The van der Waals surface area contributed by atoms with Crippen LogP contribution < -0.4 is 16.4 Å². The van der Waals surface area contributed by atoms with Crippen molar-refractivity contribution in [3.8, 4) is 0 Å². The predicted octanol–water partition coefficient (Wildman–Crippen LogP) is 1.42. The van der Waals surface area contributed by atoms with Crippen LogP contribution in [0.4, 0.5) is 0 Å². The zero-order valence-corrected chi connectivity index (χ0v) is 19.3. The van der Waals surface area contributed by atoms with Gasteiger partial charge in [-0.25, -0.2) is 0 Å². The van der Waals surface area contributed by atoms with E-state index in [-0.39, 0.29) is 29.9 Å². The van der Waals surface area contributed by atoms with Crippen LogP contribution >= 0.6 is 24.0 Å². The fourth-order valence-corrected chi connectivity index (χ4v) is 2.76. The van der Waals surface area contributed by atoms with Crippen LogP contribution in [0.5, 0.6) is 0 Å². The van der Waals surface area contributed by atoms with Crippen LogP contribution in [0.3, 0.4) is 0 Å². The molecule has 1 amide bonds. The summed E-state index contributed by atoms with van der Waals surface area (Å²) in [5.41, 5.74) is 4.79. The number of carbonyl (C=O) groups is 1. The predicted molar refractivity (Wildman–Crippen MR) is 118 cm³/mol. The van der Waals surface area contributed by atoms with Crippen molar-refractivity contribution in [2.75, 3.05) is 45.9 Å². The van der Waals surface area contributed by atoms with Crippen LogP contribution in [0.2, 0.25) is 0 Å². The summed E-state index contributed by atoms with van der Waals surface area (Å²) in [5, 5.41) is 6.69. The summed E-state index contributed by atoms with van der Waals surface area (Å²) in [6.45, 7) is 15.7. The molecular formula is C18H38IN5O2. The zero-order chi connectivity index (χ0) is 18.9. The van der Waals surface area contributed by atoms with Gasteiger partial charge in [0.15, 0.2) is 5.96 Å². The Morgan fingerprint density at radius 1 is 1.27 bits per heavy atom. The topological polar surface area (TPSA) is 92.0 Å². The Labute approximate surface area is 175 Å². The van der Waals surface area contributed by atoms with Crippen molar-refractivity contribution in [2.24, 2.45) is 22.1 Å². The second-order valence-corrected chi connectivity index (χ2v) is 7.76. The number of hydrogen-bond donors (Lipinski definition) is 3. The van der Waals surface area contributed by atoms with E-state index in [0.717, 1.165) is 51.8 Å². The molecule has 0 aromatic carbocycles. The summed E-state index contributed by atoms with van der Waals surface area (Å²) >= 11 is 0. The van der Waals surface area contributed by atoms with Gasteiger partial charge in [0.1, 0.15) is 0 Å². The minimum absolute atomic E-state index is 0. The molecule has 0 spiro atoms. The number of primary amides is 1. The van der Waals surface area contributed by atoms with Crippen LogP contribution in [0, 0.1) is 11.3 Å². The molecule has 0 bridgehead atoms.